The summed E-state index contributed by atoms with van der Waals surface area (Å²) in [6, 6.07) is 14.2. The first-order valence-electron chi connectivity index (χ1n) is 6.74. The summed E-state index contributed by atoms with van der Waals surface area (Å²) in [7, 11) is 0. The van der Waals surface area contributed by atoms with Crippen LogP contribution in [0.5, 0.6) is 0 Å². The van der Waals surface area contributed by atoms with Gasteiger partial charge in [0.05, 0.1) is 5.69 Å². The average molecular weight is 316 g/mol. The van der Waals surface area contributed by atoms with E-state index in [0.29, 0.717) is 11.6 Å². The van der Waals surface area contributed by atoms with Crippen molar-refractivity contribution in [3.05, 3.63) is 78.0 Å². The Hall–Kier alpha value is -2.26. The summed E-state index contributed by atoms with van der Waals surface area (Å²) in [5.41, 5.74) is 4.04. The molecule has 4 heteroatoms. The normalized spacial score (nSPS) is 10.7. The summed E-state index contributed by atoms with van der Waals surface area (Å²) in [4.78, 5) is 4.45. The second-order valence-corrected chi connectivity index (χ2v) is 5.15. The lowest BCUT2D eigenvalue weighted by atomic mass is 9.98. The van der Waals surface area contributed by atoms with Crippen molar-refractivity contribution in [2.45, 2.75) is 5.88 Å². The van der Waals surface area contributed by atoms with Gasteiger partial charge in [0.15, 0.2) is 0 Å². The van der Waals surface area contributed by atoms with E-state index in [9.17, 15) is 8.78 Å². The molecular formula is C18H12ClF2N. The molecule has 0 bridgehead atoms. The van der Waals surface area contributed by atoms with Crippen molar-refractivity contribution in [3.63, 3.8) is 0 Å². The molecule has 0 saturated carbocycles. The van der Waals surface area contributed by atoms with E-state index in [1.165, 1.54) is 24.3 Å². The highest BCUT2D eigenvalue weighted by molar-refractivity contribution is 6.17. The van der Waals surface area contributed by atoms with Gasteiger partial charge in [-0.25, -0.2) is 8.78 Å². The lowest BCUT2D eigenvalue weighted by molar-refractivity contribution is 0.627. The lowest BCUT2D eigenvalue weighted by Crippen LogP contribution is -1.92. The second-order valence-electron chi connectivity index (χ2n) is 4.89. The van der Waals surface area contributed by atoms with Gasteiger partial charge in [0.25, 0.3) is 0 Å². The third-order valence-electron chi connectivity index (χ3n) is 3.37. The highest BCUT2D eigenvalue weighted by Gasteiger charge is 2.10. The third kappa shape index (κ3) is 3.00. The highest BCUT2D eigenvalue weighted by Crippen LogP contribution is 2.31. The van der Waals surface area contributed by atoms with Gasteiger partial charge in [-0.2, -0.15) is 0 Å². The van der Waals surface area contributed by atoms with Crippen LogP contribution < -0.4 is 0 Å². The summed E-state index contributed by atoms with van der Waals surface area (Å²) in [5, 5.41) is 0. The topological polar surface area (TPSA) is 12.9 Å². The largest absolute Gasteiger partial charge is 0.255 e. The van der Waals surface area contributed by atoms with Gasteiger partial charge in [-0.05, 0) is 53.6 Å². The van der Waals surface area contributed by atoms with Gasteiger partial charge in [-0.15, -0.1) is 11.6 Å². The van der Waals surface area contributed by atoms with Gasteiger partial charge >= 0.3 is 0 Å². The molecule has 110 valence electrons. The highest BCUT2D eigenvalue weighted by atomic mass is 35.5. The molecule has 3 aromatic rings. The molecule has 3 rings (SSSR count). The molecule has 1 aromatic heterocycles. The van der Waals surface area contributed by atoms with Crippen LogP contribution in [-0.2, 0) is 5.88 Å². The van der Waals surface area contributed by atoms with Gasteiger partial charge in [-0.3, -0.25) is 4.98 Å². The Bertz CT molecular complexity index is 783. The van der Waals surface area contributed by atoms with E-state index >= 15 is 0 Å². The van der Waals surface area contributed by atoms with Gasteiger partial charge in [0, 0.05) is 23.2 Å². The van der Waals surface area contributed by atoms with E-state index in [1.54, 1.807) is 30.5 Å². The van der Waals surface area contributed by atoms with Crippen molar-refractivity contribution in [2.24, 2.45) is 0 Å². The molecule has 0 aliphatic heterocycles. The van der Waals surface area contributed by atoms with Crippen LogP contribution in [0.1, 0.15) is 5.56 Å². The molecule has 0 radical (unpaired) electrons. The number of aromatic nitrogens is 1. The first kappa shape index (κ1) is 14.7. The molecule has 0 saturated heterocycles. The molecule has 1 nitrogen and oxygen atoms in total. The summed E-state index contributed by atoms with van der Waals surface area (Å²) in [6.45, 7) is 0. The van der Waals surface area contributed by atoms with Crippen molar-refractivity contribution < 1.29 is 8.78 Å². The van der Waals surface area contributed by atoms with Crippen LogP contribution in [0.25, 0.3) is 22.4 Å². The zero-order valence-corrected chi connectivity index (χ0v) is 12.3. The molecule has 0 aliphatic carbocycles. The van der Waals surface area contributed by atoms with E-state index in [4.69, 9.17) is 11.6 Å². The maximum Gasteiger partial charge on any atom is 0.123 e. The first-order valence-corrected chi connectivity index (χ1v) is 7.27. The van der Waals surface area contributed by atoms with Crippen molar-refractivity contribution in [1.82, 2.24) is 4.98 Å². The van der Waals surface area contributed by atoms with Crippen LogP contribution in [0.15, 0.2) is 60.8 Å². The van der Waals surface area contributed by atoms with E-state index in [1.807, 2.05) is 6.07 Å². The Balaban J connectivity index is 2.17. The Morgan fingerprint density at radius 3 is 1.91 bits per heavy atom. The molecule has 22 heavy (non-hydrogen) atoms. The number of benzene rings is 2. The number of hydrogen-bond donors (Lipinski definition) is 0. The van der Waals surface area contributed by atoms with Crippen LogP contribution >= 0.6 is 11.6 Å². The molecule has 1 heterocycles. The SMILES string of the molecule is Fc1ccc(-c2cc(CCl)cnc2-c2ccc(F)cc2)cc1. The van der Waals surface area contributed by atoms with Gasteiger partial charge in [0.2, 0.25) is 0 Å². The summed E-state index contributed by atoms with van der Waals surface area (Å²) < 4.78 is 26.2. The first-order chi connectivity index (χ1) is 10.7. The molecule has 0 fully saturated rings. The predicted molar refractivity (Wildman–Crippen MR) is 84.6 cm³/mol. The minimum Gasteiger partial charge on any atom is -0.255 e. The molecule has 0 N–H and O–H groups in total. The second kappa shape index (κ2) is 6.24. The maximum atomic E-state index is 13.1. The van der Waals surface area contributed by atoms with Crippen LogP contribution in [0.4, 0.5) is 8.78 Å². The average Bonchev–Trinajstić information content (AvgIpc) is 2.56. The smallest absolute Gasteiger partial charge is 0.123 e. The van der Waals surface area contributed by atoms with Crippen LogP contribution in [0, 0.1) is 11.6 Å². The van der Waals surface area contributed by atoms with E-state index < -0.39 is 0 Å². The van der Waals surface area contributed by atoms with Gasteiger partial charge in [0.1, 0.15) is 11.6 Å². The summed E-state index contributed by atoms with van der Waals surface area (Å²) in [6.07, 6.45) is 1.69. The van der Waals surface area contributed by atoms with Gasteiger partial charge < -0.3 is 0 Å². The van der Waals surface area contributed by atoms with Gasteiger partial charge in [-0.1, -0.05) is 12.1 Å². The minimum absolute atomic E-state index is 0.298. The van der Waals surface area contributed by atoms with E-state index in [-0.39, 0.29) is 11.6 Å². The number of hydrogen-bond acceptors (Lipinski definition) is 1. The fourth-order valence-electron chi connectivity index (χ4n) is 2.27. The lowest BCUT2D eigenvalue weighted by Gasteiger charge is -2.11. The van der Waals surface area contributed by atoms with Crippen molar-refractivity contribution in [3.8, 4) is 22.4 Å². The summed E-state index contributed by atoms with van der Waals surface area (Å²) in [5.74, 6) is -0.261. The number of nitrogens with zero attached hydrogens (tertiary/aromatic N) is 1. The van der Waals surface area contributed by atoms with Crippen LogP contribution in [0.2, 0.25) is 0 Å². The molecule has 0 aliphatic rings. The Morgan fingerprint density at radius 2 is 1.36 bits per heavy atom. The molecule has 0 spiro atoms. The molecule has 0 amide bonds. The number of alkyl halides is 1. The number of pyridine rings is 1. The zero-order chi connectivity index (χ0) is 15.5. The fourth-order valence-corrected chi connectivity index (χ4v) is 2.41. The monoisotopic (exact) mass is 315 g/mol. The third-order valence-corrected chi connectivity index (χ3v) is 3.68. The summed E-state index contributed by atoms with van der Waals surface area (Å²) >= 11 is 5.88. The Kier molecular flexibility index (Phi) is 4.16. The Morgan fingerprint density at radius 1 is 0.818 bits per heavy atom. The van der Waals surface area contributed by atoms with Crippen LogP contribution in [-0.4, -0.2) is 4.98 Å². The molecular weight excluding hydrogens is 304 g/mol. The minimum atomic E-state index is -0.301. The van der Waals surface area contributed by atoms with E-state index in [0.717, 1.165) is 22.3 Å². The standard InChI is InChI=1S/C18H12ClF2N/c19-10-12-9-17(13-1-5-15(20)6-2-13)18(22-11-12)14-3-7-16(21)8-4-14/h1-9,11H,10H2. The quantitative estimate of drug-likeness (QED) is 0.587. The van der Waals surface area contributed by atoms with Crippen molar-refractivity contribution in [2.75, 3.05) is 0 Å². The zero-order valence-electron chi connectivity index (χ0n) is 11.6. The van der Waals surface area contributed by atoms with E-state index in [2.05, 4.69) is 4.98 Å². The number of rotatable bonds is 3. The predicted octanol–water partition coefficient (Wildman–Crippen LogP) is 5.43. The Labute approximate surface area is 132 Å². The van der Waals surface area contributed by atoms with Crippen molar-refractivity contribution >= 4 is 11.6 Å². The maximum absolute atomic E-state index is 13.1. The molecule has 0 atom stereocenters. The van der Waals surface area contributed by atoms with Crippen LogP contribution in [0.3, 0.4) is 0 Å². The van der Waals surface area contributed by atoms with Crippen molar-refractivity contribution in [1.29, 1.82) is 0 Å². The molecule has 2 aromatic carbocycles. The molecule has 0 unspecified atom stereocenters. The fraction of sp³-hybridized carbons (Fsp3) is 0.0556. The number of halogens is 3.